The number of hydrogen-bond donors (Lipinski definition) is 1. The Morgan fingerprint density at radius 2 is 2.29 bits per heavy atom. The number of carbonyl (C=O) groups is 1. The molecule has 2 aromatic heterocycles. The molecule has 0 fully saturated rings. The number of amides is 1. The quantitative estimate of drug-likeness (QED) is 0.423. The molecule has 150 valence electrons. The minimum absolute atomic E-state index is 0.0261. The van der Waals surface area contributed by atoms with Gasteiger partial charge in [0.2, 0.25) is 5.91 Å². The van der Waals surface area contributed by atoms with Gasteiger partial charge in [-0.1, -0.05) is 32.5 Å². The van der Waals surface area contributed by atoms with Crippen LogP contribution < -0.4 is 10.9 Å². The molecule has 0 radical (unpaired) electrons. The molecule has 1 aliphatic carbocycles. The summed E-state index contributed by atoms with van der Waals surface area (Å²) in [6, 6.07) is 2.00. The highest BCUT2D eigenvalue weighted by molar-refractivity contribution is 7.99. The third-order valence-corrected chi connectivity index (χ3v) is 6.94. The summed E-state index contributed by atoms with van der Waals surface area (Å²) in [6.07, 6.45) is 3.37. The van der Waals surface area contributed by atoms with Crippen LogP contribution in [0.2, 0.25) is 0 Å². The predicted octanol–water partition coefficient (Wildman–Crippen LogP) is 3.36. The van der Waals surface area contributed by atoms with Crippen LogP contribution in [0.15, 0.2) is 9.95 Å². The van der Waals surface area contributed by atoms with E-state index < -0.39 is 0 Å². The Kier molecular flexibility index (Phi) is 6.78. The van der Waals surface area contributed by atoms with Crippen molar-refractivity contribution >= 4 is 39.2 Å². The molecule has 1 aliphatic rings. The van der Waals surface area contributed by atoms with E-state index in [0.29, 0.717) is 30.1 Å². The van der Waals surface area contributed by atoms with Crippen molar-refractivity contribution in [1.82, 2.24) is 14.9 Å². The first-order chi connectivity index (χ1) is 13.4. The molecule has 2 aromatic rings. The molecule has 3 rings (SSSR count). The van der Waals surface area contributed by atoms with Gasteiger partial charge in [0.05, 0.1) is 23.6 Å². The van der Waals surface area contributed by atoms with Crippen LogP contribution in [-0.2, 0) is 24.2 Å². The lowest BCUT2D eigenvalue weighted by molar-refractivity contribution is -0.118. The first-order valence-electron chi connectivity index (χ1n) is 9.72. The van der Waals surface area contributed by atoms with Crippen molar-refractivity contribution in [3.63, 3.8) is 0 Å². The Hall–Kier alpha value is -1.85. The van der Waals surface area contributed by atoms with Crippen LogP contribution in [0.1, 0.15) is 44.1 Å². The summed E-state index contributed by atoms with van der Waals surface area (Å²) >= 11 is 2.93. The van der Waals surface area contributed by atoms with Crippen LogP contribution >= 0.6 is 23.1 Å². The average Bonchev–Trinajstić information content (AvgIpc) is 3.00. The van der Waals surface area contributed by atoms with Gasteiger partial charge in [-0.3, -0.25) is 14.2 Å². The smallest absolute Gasteiger partial charge is 0.263 e. The minimum atomic E-state index is -0.148. The molecule has 6 nitrogen and oxygen atoms in total. The number of aromatic nitrogens is 2. The fourth-order valence-corrected chi connectivity index (χ4v) is 5.74. The van der Waals surface area contributed by atoms with Gasteiger partial charge in [-0.15, -0.1) is 11.3 Å². The third kappa shape index (κ3) is 4.58. The summed E-state index contributed by atoms with van der Waals surface area (Å²) < 4.78 is 1.74. The number of hydrogen-bond acceptors (Lipinski definition) is 6. The van der Waals surface area contributed by atoms with Crippen LogP contribution in [0, 0.1) is 23.2 Å². The lowest BCUT2D eigenvalue weighted by atomic mass is 9.89. The predicted molar refractivity (Wildman–Crippen MR) is 114 cm³/mol. The van der Waals surface area contributed by atoms with E-state index in [1.807, 2.05) is 6.07 Å². The summed E-state index contributed by atoms with van der Waals surface area (Å²) in [5.74, 6) is 0.980. The Morgan fingerprint density at radius 1 is 1.50 bits per heavy atom. The van der Waals surface area contributed by atoms with Crippen molar-refractivity contribution in [2.45, 2.75) is 58.2 Å². The van der Waals surface area contributed by atoms with E-state index in [4.69, 9.17) is 10.2 Å². The molecule has 0 aliphatic heterocycles. The SMILES string of the molecule is CC(C)Cn1c(SCC(=O)NCCC#N)nc2sc3c(c2c1=O)CCC(C)C3. The molecule has 2 heterocycles. The highest BCUT2D eigenvalue weighted by atomic mass is 32.2. The minimum Gasteiger partial charge on any atom is -0.354 e. The molecule has 0 saturated carbocycles. The van der Waals surface area contributed by atoms with Gasteiger partial charge in [-0.05, 0) is 36.7 Å². The second-order valence-corrected chi connectivity index (χ2v) is 9.81. The van der Waals surface area contributed by atoms with Gasteiger partial charge in [0, 0.05) is 18.0 Å². The Morgan fingerprint density at radius 3 is 3.00 bits per heavy atom. The zero-order chi connectivity index (χ0) is 20.3. The van der Waals surface area contributed by atoms with Gasteiger partial charge in [0.25, 0.3) is 5.56 Å². The van der Waals surface area contributed by atoms with E-state index in [9.17, 15) is 9.59 Å². The van der Waals surface area contributed by atoms with Crippen molar-refractivity contribution < 1.29 is 4.79 Å². The zero-order valence-electron chi connectivity index (χ0n) is 16.6. The molecule has 0 spiro atoms. The molecular weight excluding hydrogens is 392 g/mol. The molecule has 0 aromatic carbocycles. The number of aryl methyl sites for hydroxylation is 1. The van der Waals surface area contributed by atoms with Crippen LogP contribution in [0.3, 0.4) is 0 Å². The molecule has 1 unspecified atom stereocenters. The molecule has 0 bridgehead atoms. The second kappa shape index (κ2) is 9.10. The Labute approximate surface area is 173 Å². The Balaban J connectivity index is 1.93. The van der Waals surface area contributed by atoms with E-state index in [1.54, 1.807) is 15.9 Å². The van der Waals surface area contributed by atoms with Gasteiger partial charge in [0.15, 0.2) is 5.16 Å². The van der Waals surface area contributed by atoms with Crippen LogP contribution in [0.25, 0.3) is 10.2 Å². The number of fused-ring (bicyclic) bond motifs is 3. The van der Waals surface area contributed by atoms with Gasteiger partial charge in [-0.2, -0.15) is 5.26 Å². The van der Waals surface area contributed by atoms with Gasteiger partial charge >= 0.3 is 0 Å². The molecule has 0 saturated heterocycles. The van der Waals surface area contributed by atoms with Crippen molar-refractivity contribution in [2.24, 2.45) is 11.8 Å². The van der Waals surface area contributed by atoms with E-state index in [2.05, 4.69) is 26.1 Å². The van der Waals surface area contributed by atoms with Gasteiger partial charge in [0.1, 0.15) is 4.83 Å². The molecule has 1 atom stereocenters. The molecular formula is C20H26N4O2S2. The highest BCUT2D eigenvalue weighted by Crippen LogP contribution is 2.36. The van der Waals surface area contributed by atoms with E-state index >= 15 is 0 Å². The summed E-state index contributed by atoms with van der Waals surface area (Å²) in [5, 5.41) is 12.7. The molecule has 8 heteroatoms. The number of thioether (sulfide) groups is 1. The zero-order valence-corrected chi connectivity index (χ0v) is 18.2. The van der Waals surface area contributed by atoms with Crippen molar-refractivity contribution in [2.75, 3.05) is 12.3 Å². The number of nitrogens with zero attached hydrogens (tertiary/aromatic N) is 3. The summed E-state index contributed by atoms with van der Waals surface area (Å²) in [4.78, 5) is 32.2. The Bertz CT molecular complexity index is 971. The lowest BCUT2D eigenvalue weighted by Crippen LogP contribution is -2.28. The number of rotatable bonds is 7. The van der Waals surface area contributed by atoms with Crippen LogP contribution in [0.4, 0.5) is 0 Å². The topological polar surface area (TPSA) is 87.8 Å². The van der Waals surface area contributed by atoms with Crippen molar-refractivity contribution in [3.05, 3.63) is 20.8 Å². The maximum atomic E-state index is 13.3. The first-order valence-corrected chi connectivity index (χ1v) is 11.5. The third-order valence-electron chi connectivity index (χ3n) is 4.82. The van der Waals surface area contributed by atoms with Crippen LogP contribution in [-0.4, -0.2) is 27.8 Å². The number of nitrogens with one attached hydrogen (secondary N) is 1. The molecule has 28 heavy (non-hydrogen) atoms. The fraction of sp³-hybridized carbons (Fsp3) is 0.600. The normalized spacial score (nSPS) is 16.2. The highest BCUT2D eigenvalue weighted by Gasteiger charge is 2.25. The first kappa shape index (κ1) is 20.9. The fourth-order valence-electron chi connectivity index (χ4n) is 3.48. The number of thiophene rings is 1. The molecule has 1 amide bonds. The average molecular weight is 419 g/mol. The maximum absolute atomic E-state index is 13.3. The summed E-state index contributed by atoms with van der Waals surface area (Å²) in [7, 11) is 0. The summed E-state index contributed by atoms with van der Waals surface area (Å²) in [5.41, 5.74) is 1.22. The monoisotopic (exact) mass is 418 g/mol. The maximum Gasteiger partial charge on any atom is 0.263 e. The van der Waals surface area contributed by atoms with Crippen molar-refractivity contribution in [1.29, 1.82) is 5.26 Å². The van der Waals surface area contributed by atoms with Crippen LogP contribution in [0.5, 0.6) is 0 Å². The van der Waals surface area contributed by atoms with E-state index in [-0.39, 0.29) is 23.6 Å². The summed E-state index contributed by atoms with van der Waals surface area (Å²) in [6.45, 7) is 7.33. The van der Waals surface area contributed by atoms with Gasteiger partial charge < -0.3 is 5.32 Å². The molecule has 1 N–H and O–H groups in total. The van der Waals surface area contributed by atoms with Crippen molar-refractivity contribution in [3.8, 4) is 6.07 Å². The largest absolute Gasteiger partial charge is 0.354 e. The number of carbonyl (C=O) groups excluding carboxylic acids is 1. The second-order valence-electron chi connectivity index (χ2n) is 7.78. The lowest BCUT2D eigenvalue weighted by Gasteiger charge is -2.18. The van der Waals surface area contributed by atoms with E-state index in [0.717, 1.165) is 29.5 Å². The van der Waals surface area contributed by atoms with E-state index in [1.165, 1.54) is 22.2 Å². The number of nitriles is 1. The van der Waals surface area contributed by atoms with Gasteiger partial charge in [-0.25, -0.2) is 4.98 Å². The standard InChI is InChI=1S/C20H26N4O2S2/c1-12(2)10-24-19(26)17-14-6-5-13(3)9-15(14)28-18(17)23-20(24)27-11-16(25)22-8-4-7-21/h12-13H,4-6,8-11H2,1-3H3,(H,22,25).